The summed E-state index contributed by atoms with van der Waals surface area (Å²) in [5.74, 6) is -0.460. The molecule has 8 heteroatoms. The summed E-state index contributed by atoms with van der Waals surface area (Å²) in [6.45, 7) is 0. The molecule has 8 nitrogen and oxygen atoms in total. The van der Waals surface area contributed by atoms with Gasteiger partial charge in [-0.2, -0.15) is 0 Å². The monoisotopic (exact) mass is 460 g/mol. The number of hydrogen-bond acceptors (Lipinski definition) is 8. The van der Waals surface area contributed by atoms with Gasteiger partial charge in [0, 0.05) is 17.5 Å². The Balaban J connectivity index is 1.73. The normalized spacial score (nSPS) is 15.0. The van der Waals surface area contributed by atoms with Crippen LogP contribution >= 0.6 is 0 Å². The Morgan fingerprint density at radius 1 is 0.941 bits per heavy atom. The van der Waals surface area contributed by atoms with Crippen LogP contribution in [0.25, 0.3) is 22.1 Å². The average Bonchev–Trinajstić information content (AvgIpc) is 2.84. The third-order valence-electron chi connectivity index (χ3n) is 5.98. The highest BCUT2D eigenvalue weighted by atomic mass is 16.5. The van der Waals surface area contributed by atoms with Crippen molar-refractivity contribution in [3.63, 3.8) is 0 Å². The number of methoxy groups -OCH3 is 2. The van der Waals surface area contributed by atoms with E-state index in [4.69, 9.17) is 18.6 Å². The quantitative estimate of drug-likeness (QED) is 0.342. The van der Waals surface area contributed by atoms with Crippen molar-refractivity contribution >= 4 is 16.9 Å². The number of rotatable bonds is 4. The van der Waals surface area contributed by atoms with E-state index in [9.17, 15) is 19.8 Å². The molecule has 2 heterocycles. The Hall–Kier alpha value is -4.46. The lowest BCUT2D eigenvalue weighted by molar-refractivity contribution is -0.135. The third kappa shape index (κ3) is 3.40. The van der Waals surface area contributed by atoms with Gasteiger partial charge in [-0.1, -0.05) is 18.2 Å². The van der Waals surface area contributed by atoms with Gasteiger partial charge in [-0.3, -0.25) is 9.59 Å². The molecule has 172 valence electrons. The van der Waals surface area contributed by atoms with Crippen LogP contribution in [0, 0.1) is 0 Å². The van der Waals surface area contributed by atoms with Gasteiger partial charge in [0.1, 0.15) is 34.5 Å². The lowest BCUT2D eigenvalue weighted by Crippen LogP contribution is -2.22. The first-order chi connectivity index (χ1) is 16.4. The summed E-state index contributed by atoms with van der Waals surface area (Å²) in [6, 6.07) is 12.9. The van der Waals surface area contributed by atoms with Crippen LogP contribution in [0.15, 0.2) is 64.0 Å². The fourth-order valence-electron chi connectivity index (χ4n) is 4.30. The second kappa shape index (κ2) is 8.15. The van der Waals surface area contributed by atoms with Crippen molar-refractivity contribution in [2.45, 2.75) is 12.3 Å². The van der Waals surface area contributed by atoms with Gasteiger partial charge >= 0.3 is 5.97 Å². The minimum Gasteiger partial charge on any atom is -0.507 e. The lowest BCUT2D eigenvalue weighted by atomic mass is 9.84. The first-order valence-corrected chi connectivity index (χ1v) is 10.4. The standard InChI is InChI=1S/C26H20O8/c1-31-15-6-3-13(4-7-15)17-12-33-26-23-16(14-5-8-18(27)20(9-14)32-2)10-22(29)34-21(23)11-19(28)24(26)25(17)30/h3-9,11-12,16,27-28H,10H2,1-2H3/t16-/m0/s1. The summed E-state index contributed by atoms with van der Waals surface area (Å²) in [5.41, 5.74) is 1.67. The number of hydrogen-bond donors (Lipinski definition) is 2. The molecule has 0 spiro atoms. The second-order valence-electron chi connectivity index (χ2n) is 7.88. The molecule has 0 saturated heterocycles. The van der Waals surface area contributed by atoms with Crippen molar-refractivity contribution in [1.29, 1.82) is 0 Å². The molecule has 2 N–H and O–H groups in total. The van der Waals surface area contributed by atoms with Crippen LogP contribution < -0.4 is 19.6 Å². The van der Waals surface area contributed by atoms with E-state index in [0.717, 1.165) is 0 Å². The van der Waals surface area contributed by atoms with E-state index in [0.29, 0.717) is 22.4 Å². The summed E-state index contributed by atoms with van der Waals surface area (Å²) in [7, 11) is 2.97. The molecule has 0 unspecified atom stereocenters. The largest absolute Gasteiger partial charge is 0.507 e. The predicted molar refractivity (Wildman–Crippen MR) is 123 cm³/mol. The maximum Gasteiger partial charge on any atom is 0.312 e. The smallest absolute Gasteiger partial charge is 0.312 e. The van der Waals surface area contributed by atoms with Gasteiger partial charge in [0.2, 0.25) is 5.43 Å². The number of carbonyl (C=O) groups excluding carboxylic acids is 1. The Morgan fingerprint density at radius 2 is 1.71 bits per heavy atom. The summed E-state index contributed by atoms with van der Waals surface area (Å²) in [6.07, 6.45) is 1.31. The van der Waals surface area contributed by atoms with Crippen molar-refractivity contribution in [3.8, 4) is 39.9 Å². The molecule has 0 bridgehead atoms. The maximum absolute atomic E-state index is 13.4. The zero-order chi connectivity index (χ0) is 24.0. The zero-order valence-corrected chi connectivity index (χ0v) is 18.3. The van der Waals surface area contributed by atoms with Crippen LogP contribution in [-0.2, 0) is 4.79 Å². The van der Waals surface area contributed by atoms with Crippen LogP contribution in [0.2, 0.25) is 0 Å². The highest BCUT2D eigenvalue weighted by molar-refractivity contribution is 5.94. The van der Waals surface area contributed by atoms with E-state index in [1.165, 1.54) is 25.5 Å². The Labute approximate surface area is 193 Å². The Morgan fingerprint density at radius 3 is 2.41 bits per heavy atom. The Bertz CT molecular complexity index is 1480. The van der Waals surface area contributed by atoms with Crippen molar-refractivity contribution in [2.75, 3.05) is 14.2 Å². The molecule has 1 atom stereocenters. The third-order valence-corrected chi connectivity index (χ3v) is 5.98. The molecule has 0 radical (unpaired) electrons. The minimum atomic E-state index is -0.552. The van der Waals surface area contributed by atoms with E-state index in [-0.39, 0.29) is 46.0 Å². The number of phenols is 2. The summed E-state index contributed by atoms with van der Waals surface area (Å²) < 4.78 is 21.7. The van der Waals surface area contributed by atoms with Crippen LogP contribution in [0.5, 0.6) is 28.7 Å². The molecular weight excluding hydrogens is 440 g/mol. The van der Waals surface area contributed by atoms with E-state index in [1.54, 1.807) is 43.5 Å². The molecule has 1 aliphatic rings. The van der Waals surface area contributed by atoms with E-state index >= 15 is 0 Å². The van der Waals surface area contributed by atoms with E-state index < -0.39 is 17.3 Å². The SMILES string of the molecule is COc1ccc(-c2coc3c4c(cc(O)c3c2=O)OC(=O)C[C@H]4c2ccc(O)c(OC)c2)cc1. The molecule has 3 aromatic carbocycles. The number of aromatic hydroxyl groups is 2. The highest BCUT2D eigenvalue weighted by Crippen LogP contribution is 2.46. The van der Waals surface area contributed by atoms with Gasteiger partial charge in [-0.25, -0.2) is 0 Å². The van der Waals surface area contributed by atoms with Gasteiger partial charge in [0.05, 0.1) is 26.2 Å². The Kier molecular flexibility index (Phi) is 5.13. The van der Waals surface area contributed by atoms with Crippen LogP contribution in [0.4, 0.5) is 0 Å². The van der Waals surface area contributed by atoms with Gasteiger partial charge in [-0.15, -0.1) is 0 Å². The summed E-state index contributed by atoms with van der Waals surface area (Å²) >= 11 is 0. The molecule has 0 amide bonds. The molecule has 0 saturated carbocycles. The molecule has 1 aliphatic heterocycles. The van der Waals surface area contributed by atoms with E-state index in [2.05, 4.69) is 0 Å². The van der Waals surface area contributed by atoms with Crippen molar-refractivity contribution in [3.05, 3.63) is 76.1 Å². The zero-order valence-electron chi connectivity index (χ0n) is 18.3. The van der Waals surface area contributed by atoms with Gasteiger partial charge in [0.15, 0.2) is 11.5 Å². The fourth-order valence-corrected chi connectivity index (χ4v) is 4.30. The first-order valence-electron chi connectivity index (χ1n) is 10.4. The second-order valence-corrected chi connectivity index (χ2v) is 7.88. The van der Waals surface area contributed by atoms with Crippen LogP contribution in [0.1, 0.15) is 23.5 Å². The molecule has 0 fully saturated rings. The predicted octanol–water partition coefficient (Wildman–Crippen LogP) is 4.33. The molecule has 1 aromatic heterocycles. The molecule has 4 aromatic rings. The number of esters is 1. The number of ether oxygens (including phenoxy) is 3. The lowest BCUT2D eigenvalue weighted by Gasteiger charge is -2.26. The number of fused-ring (bicyclic) bond motifs is 3. The number of benzene rings is 3. The molecule has 0 aliphatic carbocycles. The van der Waals surface area contributed by atoms with E-state index in [1.807, 2.05) is 0 Å². The maximum atomic E-state index is 13.4. The van der Waals surface area contributed by atoms with Crippen molar-refractivity contribution in [2.24, 2.45) is 0 Å². The van der Waals surface area contributed by atoms with Crippen molar-refractivity contribution in [1.82, 2.24) is 0 Å². The van der Waals surface area contributed by atoms with Crippen LogP contribution in [0.3, 0.4) is 0 Å². The number of phenolic OH excluding ortho intramolecular Hbond substituents is 2. The highest BCUT2D eigenvalue weighted by Gasteiger charge is 2.34. The number of carbonyl (C=O) groups is 1. The van der Waals surface area contributed by atoms with Gasteiger partial charge in [0.25, 0.3) is 0 Å². The first kappa shape index (κ1) is 21.4. The summed E-state index contributed by atoms with van der Waals surface area (Å²) in [4.78, 5) is 25.8. The minimum absolute atomic E-state index is 0.0132. The summed E-state index contributed by atoms with van der Waals surface area (Å²) in [5, 5.41) is 20.7. The molecule has 5 rings (SSSR count). The topological polar surface area (TPSA) is 115 Å². The fraction of sp³-hybridized carbons (Fsp3) is 0.154. The molecular formula is C26H20O8. The van der Waals surface area contributed by atoms with Crippen molar-refractivity contribution < 1.29 is 33.6 Å². The van der Waals surface area contributed by atoms with Gasteiger partial charge in [-0.05, 0) is 35.4 Å². The molecule has 34 heavy (non-hydrogen) atoms. The average molecular weight is 460 g/mol. The van der Waals surface area contributed by atoms with Gasteiger partial charge < -0.3 is 28.8 Å². The van der Waals surface area contributed by atoms with Crippen LogP contribution in [-0.4, -0.2) is 30.4 Å².